The Morgan fingerprint density at radius 2 is 1.86 bits per heavy atom. The van der Waals surface area contributed by atoms with Gasteiger partial charge in [-0.25, -0.2) is 0 Å². The van der Waals surface area contributed by atoms with E-state index in [9.17, 15) is 0 Å². The molecule has 4 unspecified atom stereocenters. The third-order valence-electron chi connectivity index (χ3n) is 4.79. The fourth-order valence-electron chi connectivity index (χ4n) is 3.21. The molecule has 0 aliphatic carbocycles. The summed E-state index contributed by atoms with van der Waals surface area (Å²) in [5.74, 6) is 1.25. The first-order valence-corrected chi connectivity index (χ1v) is 8.60. The third-order valence-corrected chi connectivity index (χ3v) is 4.79. The number of benzene rings is 1. The summed E-state index contributed by atoms with van der Waals surface area (Å²) in [6.07, 6.45) is 3.93. The van der Waals surface area contributed by atoms with E-state index in [1.54, 1.807) is 0 Å². The van der Waals surface area contributed by atoms with Gasteiger partial charge < -0.3 is 10.1 Å². The van der Waals surface area contributed by atoms with E-state index in [4.69, 9.17) is 4.74 Å². The maximum atomic E-state index is 5.79. The predicted octanol–water partition coefficient (Wildman–Crippen LogP) is 4.67. The van der Waals surface area contributed by atoms with Crippen LogP contribution in [0.15, 0.2) is 24.3 Å². The monoisotopic (exact) mass is 289 g/mol. The lowest BCUT2D eigenvalue weighted by Gasteiger charge is -2.25. The summed E-state index contributed by atoms with van der Waals surface area (Å²) in [6.45, 7) is 10.9. The van der Waals surface area contributed by atoms with Crippen molar-refractivity contribution in [3.63, 3.8) is 0 Å². The standard InChI is InChI=1S/C19H31NO/c1-5-11-20-19(18-12-15(4)21-13-18)17-9-7-16(8-10-17)14(3)6-2/h7-10,14-15,18-20H,5-6,11-13H2,1-4H3. The molecule has 0 saturated carbocycles. The molecule has 2 heteroatoms. The van der Waals surface area contributed by atoms with Crippen molar-refractivity contribution < 1.29 is 4.74 Å². The average Bonchev–Trinajstić information content (AvgIpc) is 2.94. The molecule has 2 rings (SSSR count). The molecule has 2 nitrogen and oxygen atoms in total. The minimum atomic E-state index is 0.403. The van der Waals surface area contributed by atoms with Gasteiger partial charge >= 0.3 is 0 Å². The molecule has 4 atom stereocenters. The molecule has 1 N–H and O–H groups in total. The second-order valence-corrected chi connectivity index (χ2v) is 6.55. The number of hydrogen-bond donors (Lipinski definition) is 1. The van der Waals surface area contributed by atoms with Crippen LogP contribution in [0.2, 0.25) is 0 Å². The van der Waals surface area contributed by atoms with Crippen LogP contribution in [0.5, 0.6) is 0 Å². The van der Waals surface area contributed by atoms with Crippen molar-refractivity contribution >= 4 is 0 Å². The Hall–Kier alpha value is -0.860. The van der Waals surface area contributed by atoms with Crippen molar-refractivity contribution in [3.8, 4) is 0 Å². The van der Waals surface area contributed by atoms with Gasteiger partial charge in [0.05, 0.1) is 12.7 Å². The maximum absolute atomic E-state index is 5.79. The Morgan fingerprint density at radius 1 is 1.19 bits per heavy atom. The Balaban J connectivity index is 2.12. The molecular formula is C19H31NO. The topological polar surface area (TPSA) is 21.3 Å². The molecule has 1 fully saturated rings. The lowest BCUT2D eigenvalue weighted by atomic mass is 9.89. The van der Waals surface area contributed by atoms with Crippen LogP contribution in [0.1, 0.15) is 70.0 Å². The van der Waals surface area contributed by atoms with Crippen molar-refractivity contribution in [1.82, 2.24) is 5.32 Å². The van der Waals surface area contributed by atoms with Gasteiger partial charge in [-0.3, -0.25) is 0 Å². The highest BCUT2D eigenvalue weighted by molar-refractivity contribution is 5.27. The van der Waals surface area contributed by atoms with Crippen molar-refractivity contribution in [2.75, 3.05) is 13.2 Å². The molecule has 21 heavy (non-hydrogen) atoms. The molecule has 0 amide bonds. The van der Waals surface area contributed by atoms with Crippen LogP contribution in [-0.4, -0.2) is 19.3 Å². The van der Waals surface area contributed by atoms with Gasteiger partial charge in [0.2, 0.25) is 0 Å². The van der Waals surface area contributed by atoms with Crippen LogP contribution in [0.25, 0.3) is 0 Å². The SMILES string of the molecule is CCCNC(c1ccc(C(C)CC)cc1)C1COC(C)C1. The van der Waals surface area contributed by atoms with E-state index in [0.717, 1.165) is 19.6 Å². The van der Waals surface area contributed by atoms with E-state index in [2.05, 4.69) is 57.3 Å². The van der Waals surface area contributed by atoms with Crippen molar-refractivity contribution in [2.45, 2.75) is 65.0 Å². The Morgan fingerprint density at radius 3 is 2.38 bits per heavy atom. The summed E-state index contributed by atoms with van der Waals surface area (Å²) in [4.78, 5) is 0. The van der Waals surface area contributed by atoms with E-state index in [-0.39, 0.29) is 0 Å². The lowest BCUT2D eigenvalue weighted by molar-refractivity contribution is 0.117. The first kappa shape index (κ1) is 16.5. The van der Waals surface area contributed by atoms with Gasteiger partial charge in [-0.1, -0.05) is 45.0 Å². The molecule has 0 radical (unpaired) electrons. The van der Waals surface area contributed by atoms with Crippen LogP contribution < -0.4 is 5.32 Å². The highest BCUT2D eigenvalue weighted by Gasteiger charge is 2.30. The van der Waals surface area contributed by atoms with Gasteiger partial charge in [0.25, 0.3) is 0 Å². The summed E-state index contributed by atoms with van der Waals surface area (Å²) >= 11 is 0. The van der Waals surface area contributed by atoms with Gasteiger partial charge in [-0.2, -0.15) is 0 Å². The highest BCUT2D eigenvalue weighted by Crippen LogP contribution is 2.32. The zero-order valence-corrected chi connectivity index (χ0v) is 14.1. The summed E-state index contributed by atoms with van der Waals surface area (Å²) in [7, 11) is 0. The number of hydrogen-bond acceptors (Lipinski definition) is 2. The molecule has 1 aliphatic rings. The summed E-state index contributed by atoms with van der Waals surface area (Å²) < 4.78 is 5.79. The summed E-state index contributed by atoms with van der Waals surface area (Å²) in [5, 5.41) is 3.73. The van der Waals surface area contributed by atoms with Crippen LogP contribution in [0.3, 0.4) is 0 Å². The quantitative estimate of drug-likeness (QED) is 0.788. The van der Waals surface area contributed by atoms with E-state index in [1.165, 1.54) is 24.0 Å². The molecule has 1 heterocycles. The Kier molecular flexibility index (Phi) is 6.25. The summed E-state index contributed by atoms with van der Waals surface area (Å²) in [5.41, 5.74) is 2.87. The normalized spacial score (nSPS) is 25.0. The van der Waals surface area contributed by atoms with E-state index >= 15 is 0 Å². The molecule has 1 saturated heterocycles. The first-order chi connectivity index (χ1) is 10.2. The molecule has 0 spiro atoms. The molecular weight excluding hydrogens is 258 g/mol. The number of ether oxygens (including phenoxy) is 1. The number of rotatable bonds is 7. The van der Waals surface area contributed by atoms with E-state index in [0.29, 0.717) is 24.0 Å². The van der Waals surface area contributed by atoms with Crippen LogP contribution in [0.4, 0.5) is 0 Å². The summed E-state index contributed by atoms with van der Waals surface area (Å²) in [6, 6.07) is 9.68. The fourth-order valence-corrected chi connectivity index (χ4v) is 3.21. The van der Waals surface area contributed by atoms with E-state index in [1.807, 2.05) is 0 Å². The lowest BCUT2D eigenvalue weighted by Crippen LogP contribution is -2.29. The molecule has 0 bridgehead atoms. The van der Waals surface area contributed by atoms with Crippen molar-refractivity contribution in [3.05, 3.63) is 35.4 Å². The van der Waals surface area contributed by atoms with Gasteiger partial charge in [0, 0.05) is 12.0 Å². The average molecular weight is 289 g/mol. The van der Waals surface area contributed by atoms with E-state index < -0.39 is 0 Å². The minimum absolute atomic E-state index is 0.403. The predicted molar refractivity (Wildman–Crippen MR) is 89.7 cm³/mol. The Labute approximate surface area is 130 Å². The number of nitrogens with one attached hydrogen (secondary N) is 1. The first-order valence-electron chi connectivity index (χ1n) is 8.60. The van der Waals surface area contributed by atoms with Crippen molar-refractivity contribution in [1.29, 1.82) is 0 Å². The van der Waals surface area contributed by atoms with Crippen LogP contribution >= 0.6 is 0 Å². The zero-order chi connectivity index (χ0) is 15.2. The van der Waals surface area contributed by atoms with Gasteiger partial charge in [-0.05, 0) is 49.8 Å². The molecule has 1 aliphatic heterocycles. The van der Waals surface area contributed by atoms with Gasteiger partial charge in [0.1, 0.15) is 0 Å². The second-order valence-electron chi connectivity index (χ2n) is 6.55. The third kappa shape index (κ3) is 4.31. The highest BCUT2D eigenvalue weighted by atomic mass is 16.5. The van der Waals surface area contributed by atoms with Gasteiger partial charge in [0.15, 0.2) is 0 Å². The molecule has 118 valence electrons. The minimum Gasteiger partial charge on any atom is -0.378 e. The molecule has 0 aromatic heterocycles. The molecule has 1 aromatic carbocycles. The zero-order valence-electron chi connectivity index (χ0n) is 14.1. The Bertz CT molecular complexity index is 414. The van der Waals surface area contributed by atoms with Crippen LogP contribution in [-0.2, 0) is 4.74 Å². The second kappa shape index (κ2) is 7.95. The smallest absolute Gasteiger partial charge is 0.0551 e. The largest absolute Gasteiger partial charge is 0.378 e. The van der Waals surface area contributed by atoms with Crippen LogP contribution in [0, 0.1) is 5.92 Å². The fraction of sp³-hybridized carbons (Fsp3) is 0.684. The van der Waals surface area contributed by atoms with Gasteiger partial charge in [-0.15, -0.1) is 0 Å². The maximum Gasteiger partial charge on any atom is 0.0551 e. The molecule has 1 aromatic rings. The van der Waals surface area contributed by atoms with Crippen molar-refractivity contribution in [2.24, 2.45) is 5.92 Å².